The van der Waals surface area contributed by atoms with Crippen LogP contribution in [0.4, 0.5) is 11.4 Å². The molecule has 5 rings (SSSR count). The lowest BCUT2D eigenvalue weighted by Gasteiger charge is -2.07. The Morgan fingerprint density at radius 3 is 2.41 bits per heavy atom. The number of rotatable bonds is 9. The summed E-state index contributed by atoms with van der Waals surface area (Å²) in [6.45, 7) is 4.38. The van der Waals surface area contributed by atoms with E-state index < -0.39 is 11.5 Å². The van der Waals surface area contributed by atoms with E-state index in [0.717, 1.165) is 16.7 Å². The van der Waals surface area contributed by atoms with Crippen molar-refractivity contribution in [2.45, 2.75) is 27.1 Å². The molecular weight excluding hydrogens is 520 g/mol. The van der Waals surface area contributed by atoms with Gasteiger partial charge in [0.05, 0.1) is 30.2 Å². The molecule has 206 valence electrons. The lowest BCUT2D eigenvalue weighted by molar-refractivity contribution is 0.0697. The Morgan fingerprint density at radius 2 is 1.66 bits per heavy atom. The molecule has 0 amide bonds. The molecule has 0 saturated carbocycles. The van der Waals surface area contributed by atoms with E-state index in [0.29, 0.717) is 29.1 Å². The summed E-state index contributed by atoms with van der Waals surface area (Å²) in [7, 11) is 0. The summed E-state index contributed by atoms with van der Waals surface area (Å²) in [6, 6.07) is 26.5. The second-order valence-corrected chi connectivity index (χ2v) is 9.59. The van der Waals surface area contributed by atoms with E-state index in [9.17, 15) is 19.8 Å². The number of nitrogens with zero attached hydrogens (tertiary/aromatic N) is 3. The van der Waals surface area contributed by atoms with Gasteiger partial charge in [0.15, 0.2) is 11.4 Å². The van der Waals surface area contributed by atoms with Crippen LogP contribution in [-0.2, 0) is 18.0 Å². The standard InChI is InChI=1S/C32H28N4O5/c1-20-14-15-25(16-21(20)2)36-31(38)29(28(35-36)19-41-18-22-8-4-3-5-9-22)34-33-27-13-7-12-26(30(27)37)23-10-6-11-24(17-23)32(39)40/h3-17,35,37H,18-19H2,1-2H3,(H,39,40). The molecule has 0 fully saturated rings. The van der Waals surface area contributed by atoms with Crippen LogP contribution in [-0.4, -0.2) is 26.0 Å². The molecule has 0 radical (unpaired) electrons. The quantitative estimate of drug-likeness (QED) is 0.171. The van der Waals surface area contributed by atoms with Gasteiger partial charge in [0.2, 0.25) is 0 Å². The molecule has 0 bridgehead atoms. The molecule has 0 aliphatic rings. The molecule has 0 unspecified atom stereocenters. The van der Waals surface area contributed by atoms with Crippen LogP contribution in [0.3, 0.4) is 0 Å². The van der Waals surface area contributed by atoms with Crippen molar-refractivity contribution in [2.75, 3.05) is 0 Å². The molecule has 0 aliphatic heterocycles. The lowest BCUT2D eigenvalue weighted by Crippen LogP contribution is -2.14. The Labute approximate surface area is 236 Å². The smallest absolute Gasteiger partial charge is 0.335 e. The zero-order chi connectivity index (χ0) is 28.9. The zero-order valence-corrected chi connectivity index (χ0v) is 22.5. The largest absolute Gasteiger partial charge is 0.505 e. The molecule has 3 N–H and O–H groups in total. The van der Waals surface area contributed by atoms with Crippen LogP contribution in [0.15, 0.2) is 106 Å². The third kappa shape index (κ3) is 6.00. The number of benzene rings is 4. The average Bonchev–Trinajstić information content (AvgIpc) is 3.29. The Balaban J connectivity index is 1.50. The van der Waals surface area contributed by atoms with Crippen molar-refractivity contribution in [3.8, 4) is 22.6 Å². The summed E-state index contributed by atoms with van der Waals surface area (Å²) in [5.41, 5.74) is 4.93. The van der Waals surface area contributed by atoms with Gasteiger partial charge in [-0.2, -0.15) is 0 Å². The summed E-state index contributed by atoms with van der Waals surface area (Å²) >= 11 is 0. The van der Waals surface area contributed by atoms with Crippen LogP contribution in [0.5, 0.6) is 5.75 Å². The molecule has 0 atom stereocenters. The lowest BCUT2D eigenvalue weighted by atomic mass is 10.0. The van der Waals surface area contributed by atoms with E-state index in [1.807, 2.05) is 62.4 Å². The second kappa shape index (κ2) is 11.8. The van der Waals surface area contributed by atoms with Gasteiger partial charge in [-0.1, -0.05) is 60.7 Å². The fourth-order valence-corrected chi connectivity index (χ4v) is 4.34. The van der Waals surface area contributed by atoms with Gasteiger partial charge < -0.3 is 14.9 Å². The number of phenolic OH excluding ortho intramolecular Hbond substituents is 1. The number of H-pyrrole nitrogens is 1. The van der Waals surface area contributed by atoms with Crippen molar-refractivity contribution in [1.29, 1.82) is 0 Å². The highest BCUT2D eigenvalue weighted by Crippen LogP contribution is 2.38. The Bertz CT molecular complexity index is 1810. The SMILES string of the molecule is Cc1ccc(-n2[nH]c(COCc3ccccc3)c(N=Nc3cccc(-c4cccc(C(=O)O)c4)c3O)c2=O)cc1C. The summed E-state index contributed by atoms with van der Waals surface area (Å²) in [5, 5.41) is 31.9. The third-order valence-corrected chi connectivity index (χ3v) is 6.74. The molecule has 9 nitrogen and oxygen atoms in total. The molecule has 9 heteroatoms. The van der Waals surface area contributed by atoms with Crippen LogP contribution in [0.25, 0.3) is 16.8 Å². The first-order valence-corrected chi connectivity index (χ1v) is 12.9. The number of aromatic hydroxyl groups is 1. The summed E-state index contributed by atoms with van der Waals surface area (Å²) in [6.07, 6.45) is 0. The minimum Gasteiger partial charge on any atom is -0.505 e. The molecule has 41 heavy (non-hydrogen) atoms. The van der Waals surface area contributed by atoms with Gasteiger partial charge in [-0.15, -0.1) is 10.2 Å². The fourth-order valence-electron chi connectivity index (χ4n) is 4.34. The van der Waals surface area contributed by atoms with Gasteiger partial charge in [0.25, 0.3) is 5.56 Å². The number of aromatic nitrogens is 2. The molecular formula is C32H28N4O5. The number of aromatic carboxylic acids is 1. The number of hydrogen-bond donors (Lipinski definition) is 3. The number of para-hydroxylation sites is 1. The van der Waals surface area contributed by atoms with Crippen molar-refractivity contribution in [3.63, 3.8) is 0 Å². The zero-order valence-electron chi connectivity index (χ0n) is 22.5. The highest BCUT2D eigenvalue weighted by atomic mass is 16.5. The number of phenols is 1. The van der Waals surface area contributed by atoms with Crippen LogP contribution in [0.2, 0.25) is 0 Å². The summed E-state index contributed by atoms with van der Waals surface area (Å²) in [5.74, 6) is -1.26. The number of aryl methyl sites for hydroxylation is 2. The maximum Gasteiger partial charge on any atom is 0.335 e. The number of ether oxygens (including phenoxy) is 1. The first kappa shape index (κ1) is 27.3. The van der Waals surface area contributed by atoms with E-state index in [1.165, 1.54) is 16.8 Å². The van der Waals surface area contributed by atoms with E-state index in [-0.39, 0.29) is 29.3 Å². The molecule has 1 heterocycles. The van der Waals surface area contributed by atoms with Crippen LogP contribution >= 0.6 is 0 Å². The van der Waals surface area contributed by atoms with Crippen LogP contribution in [0.1, 0.15) is 32.7 Å². The summed E-state index contributed by atoms with van der Waals surface area (Å²) < 4.78 is 7.29. The number of carboxylic acid groups (broad SMARTS) is 1. The van der Waals surface area contributed by atoms with Crippen molar-refractivity contribution >= 4 is 17.3 Å². The van der Waals surface area contributed by atoms with Crippen LogP contribution in [0, 0.1) is 13.8 Å². The van der Waals surface area contributed by atoms with E-state index in [2.05, 4.69) is 15.3 Å². The first-order valence-electron chi connectivity index (χ1n) is 12.9. The normalized spacial score (nSPS) is 11.3. The van der Waals surface area contributed by atoms with E-state index in [1.54, 1.807) is 30.3 Å². The number of carboxylic acids is 1. The van der Waals surface area contributed by atoms with Gasteiger partial charge in [-0.05, 0) is 66.4 Å². The minimum absolute atomic E-state index is 0.0500. The van der Waals surface area contributed by atoms with Crippen molar-refractivity contribution in [2.24, 2.45) is 10.2 Å². The Kier molecular flexibility index (Phi) is 7.89. The highest BCUT2D eigenvalue weighted by Gasteiger charge is 2.17. The molecule has 0 spiro atoms. The van der Waals surface area contributed by atoms with E-state index in [4.69, 9.17) is 4.74 Å². The Morgan fingerprint density at radius 1 is 0.878 bits per heavy atom. The monoisotopic (exact) mass is 548 g/mol. The number of azo groups is 1. The topological polar surface area (TPSA) is 129 Å². The molecule has 4 aromatic carbocycles. The van der Waals surface area contributed by atoms with Gasteiger partial charge in [-0.3, -0.25) is 9.89 Å². The number of hydrogen-bond acceptors (Lipinski definition) is 6. The van der Waals surface area contributed by atoms with E-state index >= 15 is 0 Å². The number of carbonyl (C=O) groups is 1. The summed E-state index contributed by atoms with van der Waals surface area (Å²) in [4.78, 5) is 24.9. The minimum atomic E-state index is -1.07. The van der Waals surface area contributed by atoms with Crippen LogP contribution < -0.4 is 5.56 Å². The number of nitrogens with one attached hydrogen (secondary N) is 1. The molecule has 1 aromatic heterocycles. The molecule has 0 saturated heterocycles. The van der Waals surface area contributed by atoms with Gasteiger partial charge >= 0.3 is 5.97 Å². The third-order valence-electron chi connectivity index (χ3n) is 6.74. The first-order chi connectivity index (χ1) is 19.8. The van der Waals surface area contributed by atoms with Crippen molar-refractivity contribution in [3.05, 3.63) is 129 Å². The molecule has 0 aliphatic carbocycles. The van der Waals surface area contributed by atoms with Gasteiger partial charge in [0.1, 0.15) is 5.69 Å². The van der Waals surface area contributed by atoms with Crippen molar-refractivity contribution < 1.29 is 19.7 Å². The highest BCUT2D eigenvalue weighted by molar-refractivity contribution is 5.90. The van der Waals surface area contributed by atoms with Gasteiger partial charge in [0, 0.05) is 5.56 Å². The number of aromatic amines is 1. The maximum absolute atomic E-state index is 13.5. The predicted molar refractivity (Wildman–Crippen MR) is 155 cm³/mol. The maximum atomic E-state index is 13.5. The fraction of sp³-hybridized carbons (Fsp3) is 0.125. The van der Waals surface area contributed by atoms with Crippen molar-refractivity contribution in [1.82, 2.24) is 9.78 Å². The molecule has 5 aromatic rings. The van der Waals surface area contributed by atoms with Gasteiger partial charge in [-0.25, -0.2) is 9.48 Å². The predicted octanol–water partition coefficient (Wildman–Crippen LogP) is 6.99. The second-order valence-electron chi connectivity index (χ2n) is 9.59. The Hall–Kier alpha value is -5.28. The average molecular weight is 549 g/mol.